The molecule has 1 aliphatic rings. The highest BCUT2D eigenvalue weighted by atomic mass is 16.5. The van der Waals surface area contributed by atoms with Crippen LogP contribution in [0.15, 0.2) is 48.5 Å². The largest absolute Gasteiger partial charge is 0.396 e. The molecule has 2 aromatic carbocycles. The van der Waals surface area contributed by atoms with Crippen LogP contribution in [0.4, 0.5) is 0 Å². The average Bonchev–Trinajstić information content (AvgIpc) is 3.20. The van der Waals surface area contributed by atoms with E-state index in [0.29, 0.717) is 12.8 Å². The van der Waals surface area contributed by atoms with Crippen LogP contribution in [-0.2, 0) is 4.74 Å². The topological polar surface area (TPSA) is 61.4 Å². The minimum Gasteiger partial charge on any atom is -0.396 e. The number of para-hydroxylation sites is 2. The van der Waals surface area contributed by atoms with Gasteiger partial charge in [0.2, 0.25) is 0 Å². The van der Waals surface area contributed by atoms with E-state index < -0.39 is 0 Å². The third kappa shape index (κ3) is 5.09. The highest BCUT2D eigenvalue weighted by molar-refractivity contribution is 5.74. The normalized spacial score (nSPS) is 16.3. The number of ether oxygens (including phenoxy) is 1. The smallest absolute Gasteiger partial charge is 0.141 e. The molecule has 2 heterocycles. The first-order valence-electron chi connectivity index (χ1n) is 10.7. The van der Waals surface area contributed by atoms with Gasteiger partial charge >= 0.3 is 0 Å². The van der Waals surface area contributed by atoms with Crippen LogP contribution in [0.1, 0.15) is 48.7 Å². The van der Waals surface area contributed by atoms with E-state index in [1.165, 1.54) is 0 Å². The summed E-state index contributed by atoms with van der Waals surface area (Å²) in [6, 6.07) is 16.3. The van der Waals surface area contributed by atoms with Crippen molar-refractivity contribution in [1.82, 2.24) is 14.9 Å². The number of aliphatic hydroxyl groups is 1. The summed E-state index contributed by atoms with van der Waals surface area (Å²) in [5.74, 6) is 7.18. The molecule has 1 aliphatic heterocycles. The highest BCUT2D eigenvalue weighted by Gasteiger charge is 2.26. The minimum absolute atomic E-state index is 0.174. The third-order valence-corrected chi connectivity index (χ3v) is 5.53. The Morgan fingerprint density at radius 1 is 1.20 bits per heavy atom. The molecule has 0 spiro atoms. The zero-order chi connectivity index (χ0) is 20.8. The van der Waals surface area contributed by atoms with Crippen LogP contribution >= 0.6 is 0 Å². The Kier molecular flexibility index (Phi) is 6.81. The molecule has 4 rings (SSSR count). The Hall–Kier alpha value is -2.65. The molecule has 5 heteroatoms. The van der Waals surface area contributed by atoms with E-state index in [4.69, 9.17) is 14.8 Å². The molecule has 1 aromatic heterocycles. The molecule has 5 nitrogen and oxygen atoms in total. The number of H-pyrrole nitrogens is 1. The van der Waals surface area contributed by atoms with Gasteiger partial charge in [0.1, 0.15) is 11.9 Å². The number of unbranched alkanes of at least 4 members (excludes halogenated alkanes) is 1. The molecule has 1 saturated heterocycles. The number of imidazole rings is 1. The second-order valence-corrected chi connectivity index (χ2v) is 7.91. The van der Waals surface area contributed by atoms with Crippen LogP contribution < -0.4 is 0 Å². The second-order valence-electron chi connectivity index (χ2n) is 7.91. The van der Waals surface area contributed by atoms with Crippen molar-refractivity contribution in [3.8, 4) is 11.8 Å². The first-order chi connectivity index (χ1) is 14.7. The quantitative estimate of drug-likeness (QED) is 0.484. The molecule has 1 unspecified atom stereocenters. The Labute approximate surface area is 178 Å². The van der Waals surface area contributed by atoms with Gasteiger partial charge in [-0.15, -0.1) is 0 Å². The number of piperidine rings is 1. The van der Waals surface area contributed by atoms with Crippen molar-refractivity contribution < 1.29 is 9.84 Å². The number of aliphatic hydroxyl groups excluding tert-OH is 1. The van der Waals surface area contributed by atoms with E-state index >= 15 is 0 Å². The molecule has 0 saturated carbocycles. The van der Waals surface area contributed by atoms with E-state index in [9.17, 15) is 0 Å². The Morgan fingerprint density at radius 3 is 2.83 bits per heavy atom. The van der Waals surface area contributed by atoms with E-state index in [1.54, 1.807) is 0 Å². The molecule has 156 valence electrons. The number of nitrogens with zero attached hydrogens (tertiary/aromatic N) is 2. The van der Waals surface area contributed by atoms with Gasteiger partial charge in [-0.3, -0.25) is 0 Å². The van der Waals surface area contributed by atoms with Gasteiger partial charge < -0.3 is 19.7 Å². The number of aromatic nitrogens is 2. The van der Waals surface area contributed by atoms with Crippen LogP contribution in [0.3, 0.4) is 0 Å². The number of likely N-dealkylation sites (tertiary alicyclic amines) is 1. The van der Waals surface area contributed by atoms with Crippen molar-refractivity contribution in [3.05, 3.63) is 65.5 Å². The third-order valence-electron chi connectivity index (χ3n) is 5.53. The lowest BCUT2D eigenvalue weighted by Crippen LogP contribution is -2.35. The lowest BCUT2D eigenvalue weighted by molar-refractivity contribution is -0.0264. The van der Waals surface area contributed by atoms with Crippen LogP contribution in [-0.4, -0.2) is 52.8 Å². The van der Waals surface area contributed by atoms with Crippen molar-refractivity contribution >= 4 is 11.0 Å². The molecule has 0 bridgehead atoms. The van der Waals surface area contributed by atoms with Crippen molar-refractivity contribution in [2.24, 2.45) is 0 Å². The van der Waals surface area contributed by atoms with Crippen molar-refractivity contribution in [2.45, 2.75) is 37.9 Å². The zero-order valence-corrected chi connectivity index (χ0v) is 17.5. The fourth-order valence-corrected chi connectivity index (χ4v) is 3.82. The maximum Gasteiger partial charge on any atom is 0.141 e. The average molecular weight is 404 g/mol. The van der Waals surface area contributed by atoms with E-state index in [0.717, 1.165) is 53.9 Å². The monoisotopic (exact) mass is 403 g/mol. The Bertz CT molecular complexity index is 992. The summed E-state index contributed by atoms with van der Waals surface area (Å²) < 4.78 is 6.64. The van der Waals surface area contributed by atoms with E-state index in [2.05, 4.69) is 40.9 Å². The lowest BCUT2D eigenvalue weighted by atomic mass is 10.0. The van der Waals surface area contributed by atoms with Gasteiger partial charge in [-0.25, -0.2) is 4.98 Å². The molecule has 2 N–H and O–H groups in total. The summed E-state index contributed by atoms with van der Waals surface area (Å²) in [7, 11) is 2.16. The van der Waals surface area contributed by atoms with Gasteiger partial charge in [0, 0.05) is 31.7 Å². The van der Waals surface area contributed by atoms with Crippen LogP contribution in [0, 0.1) is 11.8 Å². The number of fused-ring (bicyclic) bond motifs is 1. The number of aromatic amines is 1. The lowest BCUT2D eigenvalue weighted by Gasteiger charge is -2.31. The maximum atomic E-state index is 8.94. The first kappa shape index (κ1) is 20.6. The number of nitrogens with one attached hydrogen (secondary N) is 1. The van der Waals surface area contributed by atoms with Crippen LogP contribution in [0.25, 0.3) is 11.0 Å². The standard InChI is InChI=1S/C25H29N3O2/c1-28-15-13-21(14-16-28)30-24(25-26-22-11-4-5-12-23(22)27-25)20-10-7-9-19(18-20)8-3-2-6-17-29/h4-5,7,9-12,18,21,24,29H,2,6,13-17H2,1H3,(H,26,27). The summed E-state index contributed by atoms with van der Waals surface area (Å²) in [6.45, 7) is 2.27. The fraction of sp³-hybridized carbons (Fsp3) is 0.400. The summed E-state index contributed by atoms with van der Waals surface area (Å²) in [6.07, 6.45) is 3.39. The second kappa shape index (κ2) is 9.90. The number of hydrogen-bond acceptors (Lipinski definition) is 4. The molecule has 1 fully saturated rings. The maximum absolute atomic E-state index is 8.94. The van der Waals surface area contributed by atoms with Gasteiger partial charge in [0.15, 0.2) is 0 Å². The molecule has 1 atom stereocenters. The molecule has 0 amide bonds. The molecule has 0 aliphatic carbocycles. The fourth-order valence-electron chi connectivity index (χ4n) is 3.82. The number of hydrogen-bond donors (Lipinski definition) is 2. The van der Waals surface area contributed by atoms with Gasteiger partial charge in [0.05, 0.1) is 17.1 Å². The number of benzene rings is 2. The van der Waals surface area contributed by atoms with Crippen LogP contribution in [0.5, 0.6) is 0 Å². The minimum atomic E-state index is -0.259. The first-order valence-corrected chi connectivity index (χ1v) is 10.7. The Balaban J connectivity index is 1.63. The van der Waals surface area contributed by atoms with Crippen molar-refractivity contribution in [1.29, 1.82) is 0 Å². The van der Waals surface area contributed by atoms with Gasteiger partial charge in [-0.1, -0.05) is 36.1 Å². The molecule has 0 radical (unpaired) electrons. The predicted molar refractivity (Wildman–Crippen MR) is 119 cm³/mol. The summed E-state index contributed by atoms with van der Waals surface area (Å²) in [4.78, 5) is 10.6. The van der Waals surface area contributed by atoms with Gasteiger partial charge in [-0.2, -0.15) is 0 Å². The van der Waals surface area contributed by atoms with Gasteiger partial charge in [0.25, 0.3) is 0 Å². The molecule has 30 heavy (non-hydrogen) atoms. The number of rotatable bonds is 6. The molecule has 3 aromatic rings. The zero-order valence-electron chi connectivity index (χ0n) is 17.5. The van der Waals surface area contributed by atoms with E-state index in [-0.39, 0.29) is 18.8 Å². The van der Waals surface area contributed by atoms with Crippen LogP contribution in [0.2, 0.25) is 0 Å². The van der Waals surface area contributed by atoms with Crippen molar-refractivity contribution in [2.75, 3.05) is 26.7 Å². The predicted octanol–water partition coefficient (Wildman–Crippen LogP) is 3.89. The Morgan fingerprint density at radius 2 is 2.03 bits per heavy atom. The summed E-state index contributed by atoms with van der Waals surface area (Å²) >= 11 is 0. The van der Waals surface area contributed by atoms with E-state index in [1.807, 2.05) is 36.4 Å². The summed E-state index contributed by atoms with van der Waals surface area (Å²) in [5.41, 5.74) is 3.98. The highest BCUT2D eigenvalue weighted by Crippen LogP contribution is 2.30. The SMILES string of the molecule is CN1CCC(OC(c2cccc(C#CCCCO)c2)c2nc3ccccc3[nH]2)CC1. The molecular formula is C25H29N3O2. The summed E-state index contributed by atoms with van der Waals surface area (Å²) in [5, 5.41) is 8.94. The molecular weight excluding hydrogens is 374 g/mol. The van der Waals surface area contributed by atoms with Crippen molar-refractivity contribution in [3.63, 3.8) is 0 Å². The van der Waals surface area contributed by atoms with Gasteiger partial charge in [-0.05, 0) is 56.1 Å².